The number of esters is 1. The maximum absolute atomic E-state index is 12.4. The van der Waals surface area contributed by atoms with Crippen LogP contribution in [0.25, 0.3) is 0 Å². The van der Waals surface area contributed by atoms with Crippen molar-refractivity contribution in [3.8, 4) is 0 Å². The normalized spacial score (nSPS) is 19.4. The van der Waals surface area contributed by atoms with Crippen molar-refractivity contribution >= 4 is 38.4 Å². The van der Waals surface area contributed by atoms with Crippen molar-refractivity contribution < 1.29 is 22.7 Å². The SMILES string of the molecule is COC(=O)C1CCN(S(=O)(=O)c2nnc(NC(C)=O)s2)C1. The largest absolute Gasteiger partial charge is 0.469 e. The number of sulfonamides is 1. The molecule has 1 N–H and O–H groups in total. The van der Waals surface area contributed by atoms with Gasteiger partial charge in [-0.25, -0.2) is 8.42 Å². The molecule has 0 radical (unpaired) electrons. The summed E-state index contributed by atoms with van der Waals surface area (Å²) in [5.74, 6) is -1.25. The molecule has 2 rings (SSSR count). The first-order valence-corrected chi connectivity index (χ1v) is 8.29. The highest BCUT2D eigenvalue weighted by Crippen LogP contribution is 2.28. The molecule has 11 heteroatoms. The Kier molecular flexibility index (Phi) is 4.54. The Balaban J connectivity index is 2.14. The van der Waals surface area contributed by atoms with E-state index in [4.69, 9.17) is 0 Å². The number of anilines is 1. The quantitative estimate of drug-likeness (QED) is 0.592. The Morgan fingerprint density at radius 1 is 1.43 bits per heavy atom. The molecule has 1 aromatic rings. The summed E-state index contributed by atoms with van der Waals surface area (Å²) < 4.78 is 30.3. The lowest BCUT2D eigenvalue weighted by molar-refractivity contribution is -0.144. The average molecular weight is 334 g/mol. The third kappa shape index (κ3) is 3.36. The molecule has 1 amide bonds. The zero-order chi connectivity index (χ0) is 15.6. The van der Waals surface area contributed by atoms with E-state index >= 15 is 0 Å². The van der Waals surface area contributed by atoms with Crippen LogP contribution in [-0.4, -0.2) is 55.0 Å². The van der Waals surface area contributed by atoms with Gasteiger partial charge in [-0.05, 0) is 6.42 Å². The fourth-order valence-corrected chi connectivity index (χ4v) is 4.52. The fourth-order valence-electron chi connectivity index (χ4n) is 1.93. The molecule has 0 spiro atoms. The zero-order valence-electron chi connectivity index (χ0n) is 11.4. The van der Waals surface area contributed by atoms with Gasteiger partial charge in [0.25, 0.3) is 10.0 Å². The van der Waals surface area contributed by atoms with Gasteiger partial charge in [0.05, 0.1) is 13.0 Å². The fraction of sp³-hybridized carbons (Fsp3) is 0.600. The molecule has 1 aromatic heterocycles. The molecule has 0 saturated carbocycles. The molecule has 0 aliphatic carbocycles. The highest BCUT2D eigenvalue weighted by atomic mass is 32.2. The van der Waals surface area contributed by atoms with Gasteiger partial charge in [0.1, 0.15) is 0 Å². The number of carbonyl (C=O) groups is 2. The number of rotatable bonds is 4. The first-order valence-electron chi connectivity index (χ1n) is 6.03. The number of carbonyl (C=O) groups excluding carboxylic acids is 2. The number of ether oxygens (including phenoxy) is 1. The average Bonchev–Trinajstić information content (AvgIpc) is 3.06. The lowest BCUT2D eigenvalue weighted by Gasteiger charge is -2.13. The molecule has 1 atom stereocenters. The third-order valence-corrected chi connectivity index (χ3v) is 5.99. The van der Waals surface area contributed by atoms with Gasteiger partial charge in [0.2, 0.25) is 15.4 Å². The van der Waals surface area contributed by atoms with Crippen LogP contribution in [0.4, 0.5) is 5.13 Å². The lowest BCUT2D eigenvalue weighted by Crippen LogP contribution is -2.30. The minimum atomic E-state index is -3.81. The molecule has 0 bridgehead atoms. The number of nitrogens with one attached hydrogen (secondary N) is 1. The van der Waals surface area contributed by atoms with E-state index in [1.165, 1.54) is 18.3 Å². The van der Waals surface area contributed by atoms with Crippen LogP contribution < -0.4 is 5.32 Å². The lowest BCUT2D eigenvalue weighted by atomic mass is 10.1. The van der Waals surface area contributed by atoms with Crippen LogP contribution in [0.3, 0.4) is 0 Å². The molecule has 1 unspecified atom stereocenters. The second-order valence-electron chi connectivity index (χ2n) is 4.43. The summed E-state index contributed by atoms with van der Waals surface area (Å²) in [6.07, 6.45) is 0.406. The predicted octanol–water partition coefficient (Wildman–Crippen LogP) is -0.320. The van der Waals surface area contributed by atoms with Crippen LogP contribution in [0.15, 0.2) is 4.34 Å². The van der Waals surface area contributed by atoms with Crippen molar-refractivity contribution in [1.82, 2.24) is 14.5 Å². The van der Waals surface area contributed by atoms with Crippen LogP contribution in [0.1, 0.15) is 13.3 Å². The van der Waals surface area contributed by atoms with E-state index < -0.39 is 21.9 Å². The predicted molar refractivity (Wildman–Crippen MR) is 73.1 cm³/mol. The summed E-state index contributed by atoms with van der Waals surface area (Å²) in [7, 11) is -2.54. The van der Waals surface area contributed by atoms with Crippen molar-refractivity contribution in [3.05, 3.63) is 0 Å². The molecule has 0 aromatic carbocycles. The molecule has 1 aliphatic rings. The summed E-state index contributed by atoms with van der Waals surface area (Å²) in [5.41, 5.74) is 0. The molecule has 1 saturated heterocycles. The van der Waals surface area contributed by atoms with Gasteiger partial charge in [-0.2, -0.15) is 4.31 Å². The van der Waals surface area contributed by atoms with Gasteiger partial charge in [0, 0.05) is 20.0 Å². The Labute approximate surface area is 125 Å². The summed E-state index contributed by atoms with van der Waals surface area (Å²) >= 11 is 0.770. The molecule has 9 nitrogen and oxygen atoms in total. The number of amides is 1. The number of hydrogen-bond acceptors (Lipinski definition) is 8. The second kappa shape index (κ2) is 6.03. The second-order valence-corrected chi connectivity index (χ2v) is 7.52. The molecule has 1 fully saturated rings. The maximum atomic E-state index is 12.4. The van der Waals surface area contributed by atoms with Gasteiger partial charge in [-0.3, -0.25) is 9.59 Å². The monoisotopic (exact) mass is 334 g/mol. The van der Waals surface area contributed by atoms with E-state index in [9.17, 15) is 18.0 Å². The summed E-state index contributed by atoms with van der Waals surface area (Å²) in [4.78, 5) is 22.3. The highest BCUT2D eigenvalue weighted by Gasteiger charge is 2.38. The molecule has 1 aliphatic heterocycles. The highest BCUT2D eigenvalue weighted by molar-refractivity contribution is 7.91. The van der Waals surface area contributed by atoms with Crippen LogP contribution in [0, 0.1) is 5.92 Å². The van der Waals surface area contributed by atoms with Crippen LogP contribution in [0.5, 0.6) is 0 Å². The van der Waals surface area contributed by atoms with Gasteiger partial charge < -0.3 is 10.1 Å². The minimum Gasteiger partial charge on any atom is -0.469 e. The van der Waals surface area contributed by atoms with Crippen molar-refractivity contribution in [2.45, 2.75) is 17.7 Å². The van der Waals surface area contributed by atoms with Crippen LogP contribution >= 0.6 is 11.3 Å². The first-order chi connectivity index (χ1) is 9.84. The van der Waals surface area contributed by atoms with E-state index in [-0.39, 0.29) is 28.5 Å². The standard InChI is InChI=1S/C10H14N4O5S2/c1-6(15)11-9-12-13-10(20-9)21(17,18)14-4-3-7(5-14)8(16)19-2/h7H,3-5H2,1-2H3,(H,11,12,15). The molecule has 21 heavy (non-hydrogen) atoms. The number of aromatic nitrogens is 2. The van der Waals surface area contributed by atoms with Crippen LogP contribution in [-0.2, 0) is 24.3 Å². The molecule has 116 valence electrons. The van der Waals surface area contributed by atoms with E-state index in [2.05, 4.69) is 20.3 Å². The van der Waals surface area contributed by atoms with Crippen molar-refractivity contribution in [2.75, 3.05) is 25.5 Å². The minimum absolute atomic E-state index is 0.0596. The zero-order valence-corrected chi connectivity index (χ0v) is 13.0. The topological polar surface area (TPSA) is 119 Å². The Bertz CT molecular complexity index is 656. The summed E-state index contributed by atoms with van der Waals surface area (Å²) in [6, 6.07) is 0. The number of nitrogens with zero attached hydrogens (tertiary/aromatic N) is 3. The van der Waals surface area contributed by atoms with Gasteiger partial charge in [0.15, 0.2) is 0 Å². The summed E-state index contributed by atoms with van der Waals surface area (Å²) in [5, 5.41) is 9.68. The van der Waals surface area contributed by atoms with E-state index in [0.717, 1.165) is 11.3 Å². The van der Waals surface area contributed by atoms with Gasteiger partial charge in [-0.1, -0.05) is 11.3 Å². The Hall–Kier alpha value is -1.59. The van der Waals surface area contributed by atoms with Crippen molar-refractivity contribution in [2.24, 2.45) is 5.92 Å². The van der Waals surface area contributed by atoms with E-state index in [1.807, 2.05) is 0 Å². The Morgan fingerprint density at radius 2 is 2.14 bits per heavy atom. The Morgan fingerprint density at radius 3 is 2.76 bits per heavy atom. The van der Waals surface area contributed by atoms with Crippen LogP contribution in [0.2, 0.25) is 0 Å². The van der Waals surface area contributed by atoms with E-state index in [0.29, 0.717) is 6.42 Å². The molecular weight excluding hydrogens is 320 g/mol. The summed E-state index contributed by atoms with van der Waals surface area (Å²) in [6.45, 7) is 1.57. The maximum Gasteiger partial charge on any atom is 0.310 e. The third-order valence-electron chi connectivity index (χ3n) is 2.94. The molecule has 2 heterocycles. The first kappa shape index (κ1) is 15.8. The van der Waals surface area contributed by atoms with Crippen molar-refractivity contribution in [1.29, 1.82) is 0 Å². The number of hydrogen-bond donors (Lipinski definition) is 1. The van der Waals surface area contributed by atoms with Crippen molar-refractivity contribution in [3.63, 3.8) is 0 Å². The number of methoxy groups -OCH3 is 1. The van der Waals surface area contributed by atoms with Gasteiger partial charge >= 0.3 is 5.97 Å². The van der Waals surface area contributed by atoms with Gasteiger partial charge in [-0.15, -0.1) is 10.2 Å². The van der Waals surface area contributed by atoms with E-state index in [1.54, 1.807) is 0 Å². The smallest absolute Gasteiger partial charge is 0.310 e. The molecular formula is C10H14N4O5S2.